The predicted octanol–water partition coefficient (Wildman–Crippen LogP) is 3.45. The minimum Gasteiger partial charge on any atom is -0.392 e. The van der Waals surface area contributed by atoms with Gasteiger partial charge in [0, 0.05) is 0 Å². The van der Waals surface area contributed by atoms with E-state index in [0.29, 0.717) is 0 Å². The van der Waals surface area contributed by atoms with E-state index in [2.05, 4.69) is 30.8 Å². The standard InChI is InChI=1S/C15H16O/c1-11(2)9-13-8-7-12-5-3-4-6-14(12)15(13)10-16/h3-8,16H,1,9-10H2,2H3. The molecular weight excluding hydrogens is 196 g/mol. The summed E-state index contributed by atoms with van der Waals surface area (Å²) in [6.07, 6.45) is 0.834. The average molecular weight is 212 g/mol. The number of allylic oxidation sites excluding steroid dienone is 1. The second-order valence-corrected chi connectivity index (χ2v) is 4.22. The lowest BCUT2D eigenvalue weighted by molar-refractivity contribution is 0.282. The third-order valence-corrected chi connectivity index (χ3v) is 2.79. The van der Waals surface area contributed by atoms with Gasteiger partial charge in [0.25, 0.3) is 0 Å². The fraction of sp³-hybridized carbons (Fsp3) is 0.200. The molecule has 0 aliphatic heterocycles. The summed E-state index contributed by atoms with van der Waals surface area (Å²) in [7, 11) is 0. The maximum absolute atomic E-state index is 9.50. The number of aliphatic hydroxyl groups excluding tert-OH is 1. The SMILES string of the molecule is C=C(C)Cc1ccc2ccccc2c1CO. The van der Waals surface area contributed by atoms with Gasteiger partial charge in [0.1, 0.15) is 0 Å². The molecule has 0 spiro atoms. The fourth-order valence-electron chi connectivity index (χ4n) is 2.06. The van der Waals surface area contributed by atoms with Gasteiger partial charge in [-0.2, -0.15) is 0 Å². The molecule has 1 N–H and O–H groups in total. The molecule has 2 aromatic rings. The molecule has 16 heavy (non-hydrogen) atoms. The second-order valence-electron chi connectivity index (χ2n) is 4.22. The highest BCUT2D eigenvalue weighted by Gasteiger charge is 2.06. The third kappa shape index (κ3) is 2.00. The van der Waals surface area contributed by atoms with Crippen molar-refractivity contribution in [2.75, 3.05) is 0 Å². The van der Waals surface area contributed by atoms with Crippen LogP contribution in [0.15, 0.2) is 48.6 Å². The van der Waals surface area contributed by atoms with E-state index in [1.165, 1.54) is 10.9 Å². The molecule has 0 atom stereocenters. The number of rotatable bonds is 3. The number of benzene rings is 2. The van der Waals surface area contributed by atoms with E-state index >= 15 is 0 Å². The molecule has 0 radical (unpaired) electrons. The Morgan fingerprint density at radius 2 is 1.94 bits per heavy atom. The van der Waals surface area contributed by atoms with Crippen LogP contribution in [-0.4, -0.2) is 5.11 Å². The van der Waals surface area contributed by atoms with Gasteiger partial charge in [-0.15, -0.1) is 0 Å². The highest BCUT2D eigenvalue weighted by Crippen LogP contribution is 2.24. The Morgan fingerprint density at radius 1 is 1.19 bits per heavy atom. The summed E-state index contributed by atoms with van der Waals surface area (Å²) in [6, 6.07) is 12.3. The zero-order valence-electron chi connectivity index (χ0n) is 9.53. The quantitative estimate of drug-likeness (QED) is 0.772. The van der Waals surface area contributed by atoms with Crippen LogP contribution >= 0.6 is 0 Å². The molecule has 2 aromatic carbocycles. The summed E-state index contributed by atoms with van der Waals surface area (Å²) in [4.78, 5) is 0. The zero-order chi connectivity index (χ0) is 11.5. The van der Waals surface area contributed by atoms with E-state index in [1.54, 1.807) is 0 Å². The predicted molar refractivity (Wildman–Crippen MR) is 68.4 cm³/mol. The van der Waals surface area contributed by atoms with Crippen LogP contribution < -0.4 is 0 Å². The second kappa shape index (κ2) is 4.50. The molecule has 1 heteroatoms. The topological polar surface area (TPSA) is 20.2 Å². The first-order valence-electron chi connectivity index (χ1n) is 5.47. The Kier molecular flexibility index (Phi) is 3.07. The van der Waals surface area contributed by atoms with Crippen LogP contribution in [-0.2, 0) is 13.0 Å². The summed E-state index contributed by atoms with van der Waals surface area (Å²) in [5, 5.41) is 11.8. The minimum absolute atomic E-state index is 0.0873. The van der Waals surface area contributed by atoms with Crippen molar-refractivity contribution in [3.8, 4) is 0 Å². The molecule has 0 unspecified atom stereocenters. The maximum Gasteiger partial charge on any atom is 0.0690 e. The van der Waals surface area contributed by atoms with Gasteiger partial charge in [0.15, 0.2) is 0 Å². The van der Waals surface area contributed by atoms with E-state index in [4.69, 9.17) is 0 Å². The van der Waals surface area contributed by atoms with Gasteiger partial charge in [-0.25, -0.2) is 0 Å². The lowest BCUT2D eigenvalue weighted by atomic mass is 9.96. The van der Waals surface area contributed by atoms with Gasteiger partial charge in [0.2, 0.25) is 0 Å². The summed E-state index contributed by atoms with van der Waals surface area (Å²) < 4.78 is 0. The van der Waals surface area contributed by atoms with E-state index < -0.39 is 0 Å². The Bertz CT molecular complexity index is 526. The number of hydrogen-bond acceptors (Lipinski definition) is 1. The van der Waals surface area contributed by atoms with E-state index in [1.807, 2.05) is 19.1 Å². The Morgan fingerprint density at radius 3 is 2.62 bits per heavy atom. The first-order chi connectivity index (χ1) is 7.72. The number of aliphatic hydroxyl groups is 1. The molecule has 1 nitrogen and oxygen atoms in total. The van der Waals surface area contributed by atoms with Gasteiger partial charge >= 0.3 is 0 Å². The summed E-state index contributed by atoms with van der Waals surface area (Å²) in [5.41, 5.74) is 3.32. The molecule has 0 bridgehead atoms. The highest BCUT2D eigenvalue weighted by atomic mass is 16.3. The van der Waals surface area contributed by atoms with Crippen molar-refractivity contribution in [2.45, 2.75) is 20.0 Å². The van der Waals surface area contributed by atoms with Gasteiger partial charge in [-0.1, -0.05) is 48.6 Å². The number of hydrogen-bond donors (Lipinski definition) is 1. The molecule has 0 saturated heterocycles. The summed E-state index contributed by atoms with van der Waals surface area (Å²) >= 11 is 0. The Labute approximate surface area is 96.0 Å². The molecule has 2 rings (SSSR count). The molecule has 0 saturated carbocycles. The highest BCUT2D eigenvalue weighted by molar-refractivity contribution is 5.86. The van der Waals surface area contributed by atoms with E-state index in [-0.39, 0.29) is 6.61 Å². The van der Waals surface area contributed by atoms with Gasteiger partial charge in [0.05, 0.1) is 6.61 Å². The van der Waals surface area contributed by atoms with Crippen molar-refractivity contribution in [3.63, 3.8) is 0 Å². The zero-order valence-corrected chi connectivity index (χ0v) is 9.53. The van der Waals surface area contributed by atoms with E-state index in [9.17, 15) is 5.11 Å². The van der Waals surface area contributed by atoms with Crippen LogP contribution in [0, 0.1) is 0 Å². The normalized spacial score (nSPS) is 10.6. The lowest BCUT2D eigenvalue weighted by Crippen LogP contribution is -1.96. The molecule has 0 aliphatic carbocycles. The summed E-state index contributed by atoms with van der Waals surface area (Å²) in [6.45, 7) is 6.02. The van der Waals surface area contributed by atoms with Crippen LogP contribution in [0.2, 0.25) is 0 Å². The van der Waals surface area contributed by atoms with Gasteiger partial charge in [-0.05, 0) is 35.2 Å². The van der Waals surface area contributed by atoms with Crippen molar-refractivity contribution < 1.29 is 5.11 Å². The largest absolute Gasteiger partial charge is 0.392 e. The van der Waals surface area contributed by atoms with Crippen LogP contribution in [0.4, 0.5) is 0 Å². The van der Waals surface area contributed by atoms with Crippen LogP contribution in [0.3, 0.4) is 0 Å². The van der Waals surface area contributed by atoms with Crippen molar-refractivity contribution >= 4 is 10.8 Å². The first-order valence-corrected chi connectivity index (χ1v) is 5.47. The molecule has 0 aromatic heterocycles. The summed E-state index contributed by atoms with van der Waals surface area (Å²) in [5.74, 6) is 0. The first kappa shape index (κ1) is 10.9. The average Bonchev–Trinajstić information content (AvgIpc) is 2.28. The van der Waals surface area contributed by atoms with Crippen LogP contribution in [0.25, 0.3) is 10.8 Å². The van der Waals surface area contributed by atoms with Crippen molar-refractivity contribution in [2.24, 2.45) is 0 Å². The molecule has 0 aliphatic rings. The van der Waals surface area contributed by atoms with Crippen molar-refractivity contribution in [1.82, 2.24) is 0 Å². The Hall–Kier alpha value is -1.60. The van der Waals surface area contributed by atoms with Gasteiger partial charge < -0.3 is 5.11 Å². The Balaban J connectivity index is 2.63. The van der Waals surface area contributed by atoms with Crippen molar-refractivity contribution in [1.29, 1.82) is 0 Å². The maximum atomic E-state index is 9.50. The van der Waals surface area contributed by atoms with Crippen LogP contribution in [0.1, 0.15) is 18.1 Å². The van der Waals surface area contributed by atoms with Crippen LogP contribution in [0.5, 0.6) is 0 Å². The molecule has 0 heterocycles. The third-order valence-electron chi connectivity index (χ3n) is 2.79. The smallest absolute Gasteiger partial charge is 0.0690 e. The molecule has 82 valence electrons. The number of fused-ring (bicyclic) bond motifs is 1. The molecular formula is C15H16O. The van der Waals surface area contributed by atoms with E-state index in [0.717, 1.165) is 22.9 Å². The monoisotopic (exact) mass is 212 g/mol. The fourth-order valence-corrected chi connectivity index (χ4v) is 2.06. The molecule has 0 amide bonds. The van der Waals surface area contributed by atoms with Crippen molar-refractivity contribution in [3.05, 3.63) is 59.7 Å². The van der Waals surface area contributed by atoms with Gasteiger partial charge in [-0.3, -0.25) is 0 Å². The molecule has 0 fully saturated rings. The lowest BCUT2D eigenvalue weighted by Gasteiger charge is -2.11. The minimum atomic E-state index is 0.0873.